The van der Waals surface area contributed by atoms with Gasteiger partial charge in [0, 0.05) is 12.7 Å². The summed E-state index contributed by atoms with van der Waals surface area (Å²) in [6.07, 6.45) is -2.74. The monoisotopic (exact) mass is 303 g/mol. The van der Waals surface area contributed by atoms with Crippen LogP contribution < -0.4 is 5.32 Å². The summed E-state index contributed by atoms with van der Waals surface area (Å²) in [6, 6.07) is 5.01. The molecule has 1 aromatic heterocycles. The molecule has 0 bridgehead atoms. The highest BCUT2D eigenvalue weighted by atomic mass is 35.5. The Bertz CT molecular complexity index is 593. The molecule has 2 rings (SSSR count). The first-order valence-electron chi connectivity index (χ1n) is 6.03. The number of anilines is 1. The number of nitrogens with zero attached hydrogens (tertiary/aromatic N) is 2. The van der Waals surface area contributed by atoms with Crippen molar-refractivity contribution in [2.24, 2.45) is 0 Å². The molecule has 20 heavy (non-hydrogen) atoms. The van der Waals surface area contributed by atoms with Gasteiger partial charge >= 0.3 is 6.18 Å². The maximum atomic E-state index is 12.6. The molecule has 1 aromatic carbocycles. The van der Waals surface area contributed by atoms with Crippen LogP contribution in [0.2, 0.25) is 5.02 Å². The number of halogens is 4. The van der Waals surface area contributed by atoms with Crippen LogP contribution in [0.3, 0.4) is 0 Å². The number of aryl methyl sites for hydroxylation is 1. The molecule has 2 aromatic rings. The fourth-order valence-corrected chi connectivity index (χ4v) is 2.00. The van der Waals surface area contributed by atoms with Gasteiger partial charge in [-0.3, -0.25) is 4.68 Å². The summed E-state index contributed by atoms with van der Waals surface area (Å²) in [5.41, 5.74) is 0.403. The van der Waals surface area contributed by atoms with Gasteiger partial charge in [0.1, 0.15) is 0 Å². The zero-order valence-electron chi connectivity index (χ0n) is 10.7. The molecule has 108 valence electrons. The van der Waals surface area contributed by atoms with E-state index in [2.05, 4.69) is 10.4 Å². The summed E-state index contributed by atoms with van der Waals surface area (Å²) in [7, 11) is 0. The van der Waals surface area contributed by atoms with E-state index < -0.39 is 11.7 Å². The SMILES string of the molecule is CCn1nccc1CNc1cc(C(F)(F)F)ccc1Cl. The van der Waals surface area contributed by atoms with Crippen LogP contribution in [0.25, 0.3) is 0 Å². The second kappa shape index (κ2) is 5.75. The number of alkyl halides is 3. The minimum Gasteiger partial charge on any atom is -0.378 e. The van der Waals surface area contributed by atoms with Crippen LogP contribution >= 0.6 is 11.6 Å². The average Bonchev–Trinajstić information content (AvgIpc) is 2.83. The molecule has 3 nitrogen and oxygen atoms in total. The Labute approximate surface area is 119 Å². The zero-order chi connectivity index (χ0) is 14.8. The van der Waals surface area contributed by atoms with Gasteiger partial charge in [-0.25, -0.2) is 0 Å². The van der Waals surface area contributed by atoms with E-state index in [1.807, 2.05) is 6.92 Å². The predicted molar refractivity (Wildman–Crippen MR) is 71.7 cm³/mol. The average molecular weight is 304 g/mol. The lowest BCUT2D eigenvalue weighted by Gasteiger charge is -2.13. The van der Waals surface area contributed by atoms with Gasteiger partial charge < -0.3 is 5.32 Å². The first-order valence-corrected chi connectivity index (χ1v) is 6.41. The Morgan fingerprint density at radius 2 is 2.05 bits per heavy atom. The minimum absolute atomic E-state index is 0.251. The van der Waals surface area contributed by atoms with E-state index in [-0.39, 0.29) is 10.7 Å². The third-order valence-electron chi connectivity index (χ3n) is 2.86. The predicted octanol–water partition coefficient (Wildman–Crippen LogP) is 4.19. The van der Waals surface area contributed by atoms with Crippen LogP contribution in [-0.2, 0) is 19.3 Å². The number of hydrogen-bond acceptors (Lipinski definition) is 2. The van der Waals surface area contributed by atoms with Crippen molar-refractivity contribution in [3.05, 3.63) is 46.7 Å². The van der Waals surface area contributed by atoms with Gasteiger partial charge in [-0.05, 0) is 31.2 Å². The number of nitrogens with one attached hydrogen (secondary N) is 1. The first kappa shape index (κ1) is 14.7. The van der Waals surface area contributed by atoms with Gasteiger partial charge in [0.15, 0.2) is 0 Å². The topological polar surface area (TPSA) is 29.9 Å². The van der Waals surface area contributed by atoms with Gasteiger partial charge in [0.25, 0.3) is 0 Å². The second-order valence-electron chi connectivity index (χ2n) is 4.18. The summed E-state index contributed by atoms with van der Waals surface area (Å²) >= 11 is 5.91. The normalized spacial score (nSPS) is 11.7. The first-order chi connectivity index (χ1) is 9.41. The summed E-state index contributed by atoms with van der Waals surface area (Å²) in [6.45, 7) is 2.99. The molecule has 0 atom stereocenters. The lowest BCUT2D eigenvalue weighted by Crippen LogP contribution is -2.09. The highest BCUT2D eigenvalue weighted by Gasteiger charge is 2.30. The lowest BCUT2D eigenvalue weighted by atomic mass is 10.2. The molecule has 7 heteroatoms. The highest BCUT2D eigenvalue weighted by Crippen LogP contribution is 2.33. The van der Waals surface area contributed by atoms with Crippen molar-refractivity contribution in [2.75, 3.05) is 5.32 Å². The molecule has 0 aliphatic rings. The largest absolute Gasteiger partial charge is 0.416 e. The highest BCUT2D eigenvalue weighted by molar-refractivity contribution is 6.33. The number of rotatable bonds is 4. The van der Waals surface area contributed by atoms with Crippen molar-refractivity contribution in [3.63, 3.8) is 0 Å². The van der Waals surface area contributed by atoms with Gasteiger partial charge in [-0.15, -0.1) is 0 Å². The van der Waals surface area contributed by atoms with E-state index >= 15 is 0 Å². The van der Waals surface area contributed by atoms with Gasteiger partial charge in [0.05, 0.1) is 28.5 Å². The van der Waals surface area contributed by atoms with Crippen LogP contribution in [0.1, 0.15) is 18.2 Å². The molecule has 0 spiro atoms. The zero-order valence-corrected chi connectivity index (χ0v) is 11.5. The molecule has 0 unspecified atom stereocenters. The van der Waals surface area contributed by atoms with E-state index in [1.165, 1.54) is 6.07 Å². The van der Waals surface area contributed by atoms with E-state index in [9.17, 15) is 13.2 Å². The molecule has 1 N–H and O–H groups in total. The van der Waals surface area contributed by atoms with Crippen LogP contribution in [0.15, 0.2) is 30.5 Å². The molecule has 0 aliphatic heterocycles. The molecule has 0 fully saturated rings. The Balaban J connectivity index is 2.17. The van der Waals surface area contributed by atoms with Crippen LogP contribution in [0.5, 0.6) is 0 Å². The number of hydrogen-bond donors (Lipinski definition) is 1. The Morgan fingerprint density at radius 1 is 1.30 bits per heavy atom. The summed E-state index contributed by atoms with van der Waals surface area (Å²) in [5, 5.41) is 7.25. The second-order valence-corrected chi connectivity index (χ2v) is 4.59. The molecule has 0 saturated carbocycles. The molecule has 0 amide bonds. The lowest BCUT2D eigenvalue weighted by molar-refractivity contribution is -0.137. The summed E-state index contributed by atoms with van der Waals surface area (Å²) in [5.74, 6) is 0. The van der Waals surface area contributed by atoms with E-state index in [1.54, 1.807) is 16.9 Å². The van der Waals surface area contributed by atoms with Crippen molar-refractivity contribution in [1.82, 2.24) is 9.78 Å². The fourth-order valence-electron chi connectivity index (χ4n) is 1.82. The van der Waals surface area contributed by atoms with Gasteiger partial charge in [0.2, 0.25) is 0 Å². The fraction of sp³-hybridized carbons (Fsp3) is 0.308. The van der Waals surface area contributed by atoms with Crippen molar-refractivity contribution < 1.29 is 13.2 Å². The van der Waals surface area contributed by atoms with Crippen LogP contribution in [-0.4, -0.2) is 9.78 Å². The summed E-state index contributed by atoms with van der Waals surface area (Å²) in [4.78, 5) is 0. The molecular formula is C13H13ClF3N3. The van der Waals surface area contributed by atoms with Crippen LogP contribution in [0.4, 0.5) is 18.9 Å². The Kier molecular flexibility index (Phi) is 4.23. The maximum absolute atomic E-state index is 12.6. The van der Waals surface area contributed by atoms with Crippen molar-refractivity contribution in [2.45, 2.75) is 26.2 Å². The van der Waals surface area contributed by atoms with Crippen molar-refractivity contribution >= 4 is 17.3 Å². The Hall–Kier alpha value is -1.69. The quantitative estimate of drug-likeness (QED) is 0.918. The number of aromatic nitrogens is 2. The molecule has 0 saturated heterocycles. The smallest absolute Gasteiger partial charge is 0.378 e. The van der Waals surface area contributed by atoms with E-state index in [0.717, 1.165) is 17.8 Å². The van der Waals surface area contributed by atoms with Crippen molar-refractivity contribution in [3.8, 4) is 0 Å². The molecular weight excluding hydrogens is 291 g/mol. The molecule has 0 aliphatic carbocycles. The number of benzene rings is 1. The summed E-state index contributed by atoms with van der Waals surface area (Å²) < 4.78 is 39.7. The van der Waals surface area contributed by atoms with Crippen LogP contribution in [0, 0.1) is 0 Å². The molecule has 1 heterocycles. The maximum Gasteiger partial charge on any atom is 0.416 e. The van der Waals surface area contributed by atoms with Gasteiger partial charge in [-0.2, -0.15) is 18.3 Å². The van der Waals surface area contributed by atoms with Crippen molar-refractivity contribution in [1.29, 1.82) is 0 Å². The third-order valence-corrected chi connectivity index (χ3v) is 3.19. The van der Waals surface area contributed by atoms with Gasteiger partial charge in [-0.1, -0.05) is 11.6 Å². The Morgan fingerprint density at radius 3 is 2.70 bits per heavy atom. The standard InChI is InChI=1S/C13H13ClF3N3/c1-2-20-10(5-6-19-20)8-18-12-7-9(13(15,16)17)3-4-11(12)14/h3-7,18H,2,8H2,1H3. The minimum atomic E-state index is -4.38. The molecule has 0 radical (unpaired) electrons. The third kappa shape index (κ3) is 3.25. The van der Waals surface area contributed by atoms with E-state index in [0.29, 0.717) is 13.1 Å². The van der Waals surface area contributed by atoms with E-state index in [4.69, 9.17) is 11.6 Å².